The molecule has 0 saturated carbocycles. The van der Waals surface area contributed by atoms with Gasteiger partial charge in [-0.3, -0.25) is 0 Å². The van der Waals surface area contributed by atoms with Crippen molar-refractivity contribution in [1.29, 1.82) is 0 Å². The Morgan fingerprint density at radius 1 is 1.47 bits per heavy atom. The van der Waals surface area contributed by atoms with Crippen molar-refractivity contribution in [1.82, 2.24) is 0 Å². The summed E-state index contributed by atoms with van der Waals surface area (Å²) in [6.07, 6.45) is -0.432. The van der Waals surface area contributed by atoms with Gasteiger partial charge in [0.25, 0.3) is 0 Å². The van der Waals surface area contributed by atoms with Gasteiger partial charge >= 0.3 is 0 Å². The highest BCUT2D eigenvalue weighted by molar-refractivity contribution is 7.99. The first-order valence-corrected chi connectivity index (χ1v) is 6.38. The minimum absolute atomic E-state index is 0.432. The Labute approximate surface area is 95.7 Å². The van der Waals surface area contributed by atoms with Crippen LogP contribution in [0.3, 0.4) is 0 Å². The van der Waals surface area contributed by atoms with Gasteiger partial charge in [-0.2, -0.15) is 11.8 Å². The van der Waals surface area contributed by atoms with Gasteiger partial charge in [-0.25, -0.2) is 0 Å². The van der Waals surface area contributed by atoms with E-state index in [1.54, 1.807) is 6.92 Å². The molecule has 0 aromatic heterocycles. The number of thioether (sulfide) groups is 1. The van der Waals surface area contributed by atoms with Crippen LogP contribution in [0.1, 0.15) is 25.5 Å². The van der Waals surface area contributed by atoms with Gasteiger partial charge in [0.2, 0.25) is 0 Å². The van der Waals surface area contributed by atoms with Crippen LogP contribution in [-0.4, -0.2) is 23.2 Å². The normalized spacial score (nSPS) is 12.5. The lowest BCUT2D eigenvalue weighted by molar-refractivity contribution is 0.198. The minimum atomic E-state index is -0.432. The van der Waals surface area contributed by atoms with E-state index in [4.69, 9.17) is 4.74 Å². The summed E-state index contributed by atoms with van der Waals surface area (Å²) < 4.78 is 5.57. The van der Waals surface area contributed by atoms with Crippen molar-refractivity contribution in [2.45, 2.75) is 20.0 Å². The molecule has 15 heavy (non-hydrogen) atoms. The zero-order valence-corrected chi connectivity index (χ0v) is 10.1. The van der Waals surface area contributed by atoms with Crippen LogP contribution in [0.2, 0.25) is 0 Å². The monoisotopic (exact) mass is 226 g/mol. The van der Waals surface area contributed by atoms with E-state index in [0.29, 0.717) is 0 Å². The molecule has 3 heteroatoms. The minimum Gasteiger partial charge on any atom is -0.493 e. The summed E-state index contributed by atoms with van der Waals surface area (Å²) in [5.41, 5.74) is 0.899. The molecule has 1 rings (SSSR count). The van der Waals surface area contributed by atoms with E-state index in [2.05, 4.69) is 6.92 Å². The number of ether oxygens (including phenoxy) is 1. The van der Waals surface area contributed by atoms with Gasteiger partial charge in [0.1, 0.15) is 5.75 Å². The van der Waals surface area contributed by atoms with Crippen molar-refractivity contribution in [3.05, 3.63) is 29.8 Å². The molecule has 0 fully saturated rings. The third kappa shape index (κ3) is 4.58. The average Bonchev–Trinajstić information content (AvgIpc) is 2.25. The molecule has 0 amide bonds. The van der Waals surface area contributed by atoms with E-state index >= 15 is 0 Å². The van der Waals surface area contributed by atoms with Crippen LogP contribution in [0.4, 0.5) is 0 Å². The van der Waals surface area contributed by atoms with Crippen molar-refractivity contribution in [2.75, 3.05) is 18.1 Å². The highest BCUT2D eigenvalue weighted by Crippen LogP contribution is 2.18. The summed E-state index contributed by atoms with van der Waals surface area (Å²) in [6, 6.07) is 7.62. The molecule has 0 heterocycles. The van der Waals surface area contributed by atoms with Gasteiger partial charge in [0.15, 0.2) is 0 Å². The average molecular weight is 226 g/mol. The van der Waals surface area contributed by atoms with E-state index < -0.39 is 6.10 Å². The maximum absolute atomic E-state index is 9.40. The molecule has 0 bridgehead atoms. The van der Waals surface area contributed by atoms with Crippen molar-refractivity contribution in [2.24, 2.45) is 0 Å². The van der Waals surface area contributed by atoms with E-state index in [0.717, 1.165) is 29.4 Å². The second-order valence-corrected chi connectivity index (χ2v) is 4.69. The predicted octanol–water partition coefficient (Wildman–Crippen LogP) is 2.87. The predicted molar refractivity (Wildman–Crippen MR) is 65.6 cm³/mol. The van der Waals surface area contributed by atoms with Gasteiger partial charge in [-0.05, 0) is 30.4 Å². The smallest absolute Gasteiger partial charge is 0.119 e. The molecule has 0 aliphatic rings. The van der Waals surface area contributed by atoms with Crippen LogP contribution in [0.5, 0.6) is 5.75 Å². The Kier molecular flexibility index (Phi) is 5.58. The van der Waals surface area contributed by atoms with Gasteiger partial charge in [0.05, 0.1) is 12.7 Å². The molecule has 1 N–H and O–H groups in total. The van der Waals surface area contributed by atoms with Crippen LogP contribution >= 0.6 is 11.8 Å². The van der Waals surface area contributed by atoms with Crippen molar-refractivity contribution >= 4 is 11.8 Å². The largest absolute Gasteiger partial charge is 0.493 e. The van der Waals surface area contributed by atoms with Crippen molar-refractivity contribution in [3.8, 4) is 5.75 Å². The topological polar surface area (TPSA) is 29.5 Å². The Morgan fingerprint density at radius 3 is 2.93 bits per heavy atom. The molecule has 0 aliphatic carbocycles. The first-order valence-electron chi connectivity index (χ1n) is 5.22. The summed E-state index contributed by atoms with van der Waals surface area (Å²) in [7, 11) is 0. The maximum Gasteiger partial charge on any atom is 0.119 e. The molecule has 1 aromatic rings. The highest BCUT2D eigenvalue weighted by Gasteiger charge is 2.01. The first kappa shape index (κ1) is 12.4. The van der Waals surface area contributed by atoms with Crippen LogP contribution in [-0.2, 0) is 0 Å². The maximum atomic E-state index is 9.40. The molecule has 0 unspecified atom stereocenters. The first-order chi connectivity index (χ1) is 7.24. The summed E-state index contributed by atoms with van der Waals surface area (Å²) in [6.45, 7) is 4.62. The fourth-order valence-electron chi connectivity index (χ4n) is 1.23. The fourth-order valence-corrected chi connectivity index (χ4v) is 1.72. The number of hydrogen-bond donors (Lipinski definition) is 1. The Morgan fingerprint density at radius 2 is 2.27 bits per heavy atom. The van der Waals surface area contributed by atoms with Crippen LogP contribution < -0.4 is 4.74 Å². The van der Waals surface area contributed by atoms with Gasteiger partial charge in [-0.15, -0.1) is 0 Å². The summed E-state index contributed by atoms with van der Waals surface area (Å²) in [4.78, 5) is 0. The third-order valence-corrected chi connectivity index (χ3v) is 2.90. The number of aliphatic hydroxyl groups is 1. The standard InChI is InChI=1S/C12H18O2S/c1-3-15-8-7-14-12-6-4-5-11(9-12)10(2)13/h4-6,9-10,13H,3,7-8H2,1-2H3/t10-/m1/s1. The zero-order valence-electron chi connectivity index (χ0n) is 9.27. The number of hydrogen-bond acceptors (Lipinski definition) is 3. The third-order valence-electron chi connectivity index (χ3n) is 2.04. The van der Waals surface area contributed by atoms with Crippen molar-refractivity contribution in [3.63, 3.8) is 0 Å². The number of rotatable bonds is 6. The molecule has 2 nitrogen and oxygen atoms in total. The van der Waals surface area contributed by atoms with E-state index in [1.807, 2.05) is 36.0 Å². The molecule has 0 aliphatic heterocycles. The van der Waals surface area contributed by atoms with E-state index in [1.165, 1.54) is 0 Å². The lowest BCUT2D eigenvalue weighted by atomic mass is 10.1. The fraction of sp³-hybridized carbons (Fsp3) is 0.500. The Hall–Kier alpha value is -0.670. The highest BCUT2D eigenvalue weighted by atomic mass is 32.2. The summed E-state index contributed by atoms with van der Waals surface area (Å²) >= 11 is 1.86. The molecule has 1 atom stereocenters. The summed E-state index contributed by atoms with van der Waals surface area (Å²) in [5, 5.41) is 9.40. The molecular weight excluding hydrogens is 208 g/mol. The molecule has 0 saturated heterocycles. The molecule has 0 radical (unpaired) electrons. The van der Waals surface area contributed by atoms with E-state index in [-0.39, 0.29) is 0 Å². The number of aliphatic hydroxyl groups excluding tert-OH is 1. The second kappa shape index (κ2) is 6.75. The second-order valence-electron chi connectivity index (χ2n) is 3.29. The van der Waals surface area contributed by atoms with Gasteiger partial charge in [0, 0.05) is 5.75 Å². The molecule has 1 aromatic carbocycles. The van der Waals surface area contributed by atoms with Gasteiger partial charge < -0.3 is 9.84 Å². The lowest BCUT2D eigenvalue weighted by Gasteiger charge is -2.09. The van der Waals surface area contributed by atoms with Crippen LogP contribution in [0, 0.1) is 0 Å². The van der Waals surface area contributed by atoms with Gasteiger partial charge in [-0.1, -0.05) is 19.1 Å². The molecule has 0 spiro atoms. The van der Waals surface area contributed by atoms with Crippen LogP contribution in [0.15, 0.2) is 24.3 Å². The SMILES string of the molecule is CCSCCOc1cccc([C@@H](C)O)c1. The Balaban J connectivity index is 2.43. The van der Waals surface area contributed by atoms with Crippen molar-refractivity contribution < 1.29 is 9.84 Å². The van der Waals surface area contributed by atoms with E-state index in [9.17, 15) is 5.11 Å². The van der Waals surface area contributed by atoms with Crippen LogP contribution in [0.25, 0.3) is 0 Å². The molecule has 84 valence electrons. The zero-order chi connectivity index (χ0) is 11.1. The summed E-state index contributed by atoms with van der Waals surface area (Å²) in [5.74, 6) is 2.97. The Bertz CT molecular complexity index is 287. The number of benzene rings is 1. The quantitative estimate of drug-likeness (QED) is 0.756. The lowest BCUT2D eigenvalue weighted by Crippen LogP contribution is -2.01. The molecular formula is C12H18O2S.